The lowest BCUT2D eigenvalue weighted by molar-refractivity contribution is -0.114. The van der Waals surface area contributed by atoms with Gasteiger partial charge in [0.25, 0.3) is 0 Å². The molecule has 0 aliphatic heterocycles. The summed E-state index contributed by atoms with van der Waals surface area (Å²) in [6, 6.07) is 8.52. The van der Waals surface area contributed by atoms with E-state index in [-0.39, 0.29) is 22.5 Å². The Hall–Kier alpha value is -1.89. The first-order chi connectivity index (χ1) is 10.6. The molecule has 0 amide bonds. The topological polar surface area (TPSA) is 17.1 Å². The summed E-state index contributed by atoms with van der Waals surface area (Å²) in [5.41, 5.74) is 3.72. The molecule has 1 heteroatoms. The molecule has 2 rings (SSSR count). The van der Waals surface area contributed by atoms with E-state index in [0.29, 0.717) is 0 Å². The Morgan fingerprint density at radius 3 is 2.17 bits per heavy atom. The first-order valence-corrected chi connectivity index (χ1v) is 8.26. The summed E-state index contributed by atoms with van der Waals surface area (Å²) < 4.78 is 0. The second-order valence-corrected chi connectivity index (χ2v) is 8.11. The number of rotatable bonds is 3. The number of carbonyl (C=O) groups is 1. The number of allylic oxidation sites excluding steroid dienone is 5. The molecule has 0 fully saturated rings. The lowest BCUT2D eigenvalue weighted by Crippen LogP contribution is -2.29. The highest BCUT2D eigenvalue weighted by molar-refractivity contribution is 6.11. The summed E-state index contributed by atoms with van der Waals surface area (Å²) in [7, 11) is 0. The molecule has 0 radical (unpaired) electrons. The van der Waals surface area contributed by atoms with Crippen molar-refractivity contribution in [3.05, 3.63) is 71.3 Å². The van der Waals surface area contributed by atoms with Crippen molar-refractivity contribution in [3.8, 4) is 0 Å². The molecule has 0 saturated heterocycles. The van der Waals surface area contributed by atoms with Gasteiger partial charge in [0, 0.05) is 22.5 Å². The van der Waals surface area contributed by atoms with Gasteiger partial charge >= 0.3 is 0 Å². The molecule has 1 atom stereocenters. The predicted molar refractivity (Wildman–Crippen MR) is 98.5 cm³/mol. The quantitative estimate of drug-likeness (QED) is 0.648. The minimum Gasteiger partial charge on any atom is -0.289 e. The van der Waals surface area contributed by atoms with Gasteiger partial charge in [-0.15, -0.1) is 6.58 Å². The molecule has 1 aromatic carbocycles. The zero-order valence-corrected chi connectivity index (χ0v) is 15.2. The normalized spacial score (nSPS) is 19.2. The van der Waals surface area contributed by atoms with Gasteiger partial charge in [0.2, 0.25) is 0 Å². The Kier molecular flexibility index (Phi) is 4.52. The highest BCUT2D eigenvalue weighted by atomic mass is 16.1. The molecule has 1 nitrogen and oxygen atoms in total. The van der Waals surface area contributed by atoms with Gasteiger partial charge in [0.05, 0.1) is 0 Å². The molecule has 1 unspecified atom stereocenters. The summed E-state index contributed by atoms with van der Waals surface area (Å²) in [5, 5.41) is 0. The average Bonchev–Trinajstić information content (AvgIpc) is 2.46. The molecular weight excluding hydrogens is 280 g/mol. The smallest absolute Gasteiger partial charge is 0.185 e. The van der Waals surface area contributed by atoms with Crippen LogP contribution in [0.1, 0.15) is 51.7 Å². The molecule has 122 valence electrons. The van der Waals surface area contributed by atoms with Gasteiger partial charge in [-0.2, -0.15) is 0 Å². The Morgan fingerprint density at radius 2 is 1.65 bits per heavy atom. The Morgan fingerprint density at radius 1 is 1.04 bits per heavy atom. The lowest BCUT2D eigenvalue weighted by Gasteiger charge is -2.33. The van der Waals surface area contributed by atoms with Crippen molar-refractivity contribution in [2.45, 2.75) is 47.5 Å². The maximum Gasteiger partial charge on any atom is 0.185 e. The average molecular weight is 308 g/mol. The second kappa shape index (κ2) is 5.96. The highest BCUT2D eigenvalue weighted by Gasteiger charge is 2.36. The molecule has 0 heterocycles. The molecule has 0 saturated carbocycles. The van der Waals surface area contributed by atoms with E-state index in [1.54, 1.807) is 0 Å². The first-order valence-electron chi connectivity index (χ1n) is 8.26. The number of carbonyl (C=O) groups excluding carboxylic acids is 1. The number of ketones is 1. The minimum absolute atomic E-state index is 0.135. The zero-order valence-electron chi connectivity index (χ0n) is 15.2. The molecular formula is C22H28O. The fraction of sp³-hybridized carbons (Fsp3) is 0.409. The van der Waals surface area contributed by atoms with E-state index in [1.807, 2.05) is 6.08 Å². The van der Waals surface area contributed by atoms with Crippen LogP contribution in [0.3, 0.4) is 0 Å². The van der Waals surface area contributed by atoms with E-state index in [9.17, 15) is 4.79 Å². The first kappa shape index (κ1) is 17.5. The van der Waals surface area contributed by atoms with Gasteiger partial charge < -0.3 is 0 Å². The van der Waals surface area contributed by atoms with Crippen LogP contribution >= 0.6 is 0 Å². The van der Waals surface area contributed by atoms with E-state index in [1.165, 1.54) is 11.1 Å². The summed E-state index contributed by atoms with van der Waals surface area (Å²) in [5.74, 6) is 0.294. The van der Waals surface area contributed by atoms with Crippen molar-refractivity contribution in [2.75, 3.05) is 0 Å². The maximum atomic E-state index is 13.0. The Bertz CT molecular complexity index is 693. The molecule has 23 heavy (non-hydrogen) atoms. The molecule has 0 aromatic heterocycles. The van der Waals surface area contributed by atoms with Crippen LogP contribution in [0.4, 0.5) is 0 Å². The summed E-state index contributed by atoms with van der Waals surface area (Å²) in [6.07, 6.45) is 6.13. The van der Waals surface area contributed by atoms with E-state index in [0.717, 1.165) is 11.1 Å². The third-order valence-corrected chi connectivity index (χ3v) is 4.62. The van der Waals surface area contributed by atoms with Crippen molar-refractivity contribution >= 4 is 5.78 Å². The van der Waals surface area contributed by atoms with Gasteiger partial charge in [-0.25, -0.2) is 0 Å². The minimum atomic E-state index is -0.329. The van der Waals surface area contributed by atoms with Crippen LogP contribution in [0.15, 0.2) is 60.2 Å². The molecule has 1 aliphatic carbocycles. The predicted octanol–water partition coefficient (Wildman–Crippen LogP) is 5.77. The number of aryl methyl sites for hydroxylation is 1. The zero-order chi connectivity index (χ0) is 17.4. The van der Waals surface area contributed by atoms with E-state index < -0.39 is 0 Å². The maximum absolute atomic E-state index is 13.0. The van der Waals surface area contributed by atoms with Gasteiger partial charge in [-0.3, -0.25) is 4.79 Å². The number of benzene rings is 1. The van der Waals surface area contributed by atoms with Gasteiger partial charge in [0.1, 0.15) is 0 Å². The Balaban J connectivity index is 2.61. The fourth-order valence-corrected chi connectivity index (χ4v) is 2.98. The summed E-state index contributed by atoms with van der Waals surface area (Å²) in [4.78, 5) is 13.0. The van der Waals surface area contributed by atoms with Gasteiger partial charge in [-0.05, 0) is 17.9 Å². The number of Topliss-reactive ketones (excluding diaryl/α,β-unsaturated/α-hetero) is 1. The number of hydrogen-bond donors (Lipinski definition) is 0. The van der Waals surface area contributed by atoms with Crippen LogP contribution in [0.2, 0.25) is 0 Å². The van der Waals surface area contributed by atoms with Crippen molar-refractivity contribution < 1.29 is 4.79 Å². The standard InChI is InChI=1S/C22H28O/c1-8-22(6,7)19-14-17(16-11-9-10-15(2)12-16)13-18(20(19)23)21(3,4)5/h8-14,17H,1H2,2-7H3. The largest absolute Gasteiger partial charge is 0.289 e. The van der Waals surface area contributed by atoms with Crippen LogP contribution in [-0.2, 0) is 4.79 Å². The highest BCUT2D eigenvalue weighted by Crippen LogP contribution is 2.42. The van der Waals surface area contributed by atoms with Crippen molar-refractivity contribution in [1.82, 2.24) is 0 Å². The van der Waals surface area contributed by atoms with Crippen molar-refractivity contribution in [2.24, 2.45) is 10.8 Å². The third kappa shape index (κ3) is 3.55. The van der Waals surface area contributed by atoms with Gasteiger partial charge in [0.15, 0.2) is 5.78 Å². The van der Waals surface area contributed by atoms with Crippen LogP contribution < -0.4 is 0 Å². The lowest BCUT2D eigenvalue weighted by atomic mass is 9.69. The van der Waals surface area contributed by atoms with Crippen LogP contribution in [0, 0.1) is 17.8 Å². The molecule has 0 bridgehead atoms. The van der Waals surface area contributed by atoms with Crippen LogP contribution in [-0.4, -0.2) is 5.78 Å². The van der Waals surface area contributed by atoms with Crippen LogP contribution in [0.5, 0.6) is 0 Å². The van der Waals surface area contributed by atoms with Crippen molar-refractivity contribution in [1.29, 1.82) is 0 Å². The monoisotopic (exact) mass is 308 g/mol. The fourth-order valence-electron chi connectivity index (χ4n) is 2.98. The van der Waals surface area contributed by atoms with E-state index in [4.69, 9.17) is 0 Å². The summed E-state index contributed by atoms with van der Waals surface area (Å²) in [6.45, 7) is 16.5. The van der Waals surface area contributed by atoms with Crippen molar-refractivity contribution in [3.63, 3.8) is 0 Å². The van der Waals surface area contributed by atoms with Gasteiger partial charge in [-0.1, -0.05) is 82.7 Å². The second-order valence-electron chi connectivity index (χ2n) is 8.11. The summed E-state index contributed by atoms with van der Waals surface area (Å²) >= 11 is 0. The Labute approximate surface area is 140 Å². The molecule has 1 aromatic rings. The van der Waals surface area contributed by atoms with E-state index in [2.05, 4.69) is 84.5 Å². The number of hydrogen-bond acceptors (Lipinski definition) is 1. The molecule has 0 N–H and O–H groups in total. The third-order valence-electron chi connectivity index (χ3n) is 4.62. The van der Waals surface area contributed by atoms with E-state index >= 15 is 0 Å². The van der Waals surface area contributed by atoms with Crippen LogP contribution in [0.25, 0.3) is 0 Å². The molecule has 1 aliphatic rings. The molecule has 0 spiro atoms. The SMILES string of the molecule is C=CC(C)(C)C1=CC(c2cccc(C)c2)C=C(C(C)(C)C)C1=O.